The van der Waals surface area contributed by atoms with Crippen LogP contribution in [0.2, 0.25) is 15.2 Å². The number of thiazole rings is 1. The highest BCUT2D eigenvalue weighted by Crippen LogP contribution is 2.29. The number of nitrogens with one attached hydrogen (secondary N) is 1. The van der Waals surface area contributed by atoms with E-state index in [2.05, 4.69) is 15.3 Å². The lowest BCUT2D eigenvalue weighted by atomic mass is 10.4. The highest BCUT2D eigenvalue weighted by atomic mass is 35.5. The van der Waals surface area contributed by atoms with Crippen LogP contribution in [0.25, 0.3) is 0 Å². The quantitative estimate of drug-likeness (QED) is 0.866. The van der Waals surface area contributed by atoms with Crippen LogP contribution in [0.1, 0.15) is 4.88 Å². The van der Waals surface area contributed by atoms with Gasteiger partial charge >= 0.3 is 0 Å². The molecule has 84 valence electrons. The second-order valence-electron chi connectivity index (χ2n) is 2.91. The molecule has 0 fully saturated rings. The number of hydrogen-bond donors (Lipinski definition) is 1. The molecular weight excluding hydrogens is 289 g/mol. The van der Waals surface area contributed by atoms with Crippen LogP contribution in [0, 0.1) is 0 Å². The minimum Gasteiger partial charge on any atom is -0.364 e. The minimum absolute atomic E-state index is 0.234. The normalized spacial score (nSPS) is 10.4. The molecule has 1 N–H and O–H groups in total. The molecule has 2 heterocycles. The molecule has 0 radical (unpaired) electrons. The van der Waals surface area contributed by atoms with Crippen LogP contribution in [0.5, 0.6) is 0 Å². The van der Waals surface area contributed by atoms with Crippen molar-refractivity contribution >= 4 is 52.0 Å². The van der Waals surface area contributed by atoms with Crippen LogP contribution >= 0.6 is 46.1 Å². The lowest BCUT2D eigenvalue weighted by Crippen LogP contribution is -2.00. The van der Waals surface area contributed by atoms with Gasteiger partial charge in [-0.25, -0.2) is 4.98 Å². The van der Waals surface area contributed by atoms with Crippen LogP contribution in [0.3, 0.4) is 0 Å². The molecule has 2 aromatic rings. The van der Waals surface area contributed by atoms with Gasteiger partial charge in [-0.1, -0.05) is 34.8 Å². The van der Waals surface area contributed by atoms with Gasteiger partial charge in [-0.15, -0.1) is 11.3 Å². The van der Waals surface area contributed by atoms with Gasteiger partial charge in [0, 0.05) is 11.1 Å². The number of hydrogen-bond acceptors (Lipinski definition) is 4. The Bertz CT molecular complexity index is 487. The van der Waals surface area contributed by atoms with Crippen molar-refractivity contribution in [3.05, 3.63) is 37.8 Å². The van der Waals surface area contributed by atoms with E-state index in [1.165, 1.54) is 0 Å². The summed E-state index contributed by atoms with van der Waals surface area (Å²) in [5.41, 5.74) is 1.76. The van der Waals surface area contributed by atoms with Gasteiger partial charge in [0.1, 0.15) is 11.0 Å². The summed E-state index contributed by atoms with van der Waals surface area (Å²) in [6.07, 6.45) is 1.78. The summed E-state index contributed by atoms with van der Waals surface area (Å²) in [5, 5.41) is 4.09. The molecule has 0 aliphatic carbocycles. The van der Waals surface area contributed by atoms with Gasteiger partial charge in [0.2, 0.25) is 0 Å². The van der Waals surface area contributed by atoms with Crippen molar-refractivity contribution in [3.8, 4) is 0 Å². The summed E-state index contributed by atoms with van der Waals surface area (Å²) >= 11 is 19.1. The second-order valence-corrected chi connectivity index (χ2v) is 5.06. The van der Waals surface area contributed by atoms with Crippen molar-refractivity contribution < 1.29 is 0 Å². The molecule has 2 aromatic heterocycles. The summed E-state index contributed by atoms with van der Waals surface area (Å²) in [4.78, 5) is 9.10. The highest BCUT2D eigenvalue weighted by Gasteiger charge is 2.07. The Morgan fingerprint density at radius 1 is 1.25 bits per heavy atom. The van der Waals surface area contributed by atoms with Gasteiger partial charge in [0.25, 0.3) is 0 Å². The fraction of sp³-hybridized carbons (Fsp3) is 0.111. The minimum atomic E-state index is 0.234. The summed E-state index contributed by atoms with van der Waals surface area (Å²) < 4.78 is 0. The zero-order valence-electron chi connectivity index (χ0n) is 7.88. The standard InChI is InChI=1S/C9H6Cl3N3S/c10-6-1-7(11)9(15-8(6)12)14-3-5-2-13-4-16-5/h1-2,4H,3H2,(H,14,15). The topological polar surface area (TPSA) is 37.8 Å². The third-order valence-electron chi connectivity index (χ3n) is 1.80. The Kier molecular flexibility index (Phi) is 3.86. The molecule has 2 rings (SSSR count). The summed E-state index contributed by atoms with van der Waals surface area (Å²) in [5.74, 6) is 0.518. The van der Waals surface area contributed by atoms with E-state index in [0.717, 1.165) is 4.88 Å². The molecule has 0 unspecified atom stereocenters. The number of nitrogens with zero attached hydrogens (tertiary/aromatic N) is 2. The second kappa shape index (κ2) is 5.19. The molecule has 16 heavy (non-hydrogen) atoms. The molecule has 0 aliphatic heterocycles. The Morgan fingerprint density at radius 3 is 2.75 bits per heavy atom. The molecule has 0 saturated heterocycles. The number of pyridine rings is 1. The molecule has 0 aliphatic rings. The fourth-order valence-corrected chi connectivity index (χ4v) is 2.17. The van der Waals surface area contributed by atoms with Gasteiger partial charge in [-0.05, 0) is 6.07 Å². The third-order valence-corrected chi connectivity index (χ3v) is 3.54. The Hall–Kier alpha value is -0.550. The van der Waals surface area contributed by atoms with Crippen molar-refractivity contribution in [2.24, 2.45) is 0 Å². The van der Waals surface area contributed by atoms with Crippen LogP contribution in [-0.4, -0.2) is 9.97 Å². The Labute approximate surface area is 111 Å². The highest BCUT2D eigenvalue weighted by molar-refractivity contribution is 7.09. The molecule has 0 spiro atoms. The van der Waals surface area contributed by atoms with Crippen molar-refractivity contribution in [1.29, 1.82) is 0 Å². The van der Waals surface area contributed by atoms with E-state index in [1.807, 2.05) is 0 Å². The van der Waals surface area contributed by atoms with Crippen molar-refractivity contribution in [2.75, 3.05) is 5.32 Å². The van der Waals surface area contributed by atoms with E-state index >= 15 is 0 Å². The Morgan fingerprint density at radius 2 is 2.06 bits per heavy atom. The number of aromatic nitrogens is 2. The van der Waals surface area contributed by atoms with Crippen molar-refractivity contribution in [3.63, 3.8) is 0 Å². The lowest BCUT2D eigenvalue weighted by molar-refractivity contribution is 1.13. The van der Waals surface area contributed by atoms with E-state index < -0.39 is 0 Å². The molecule has 0 aromatic carbocycles. The maximum atomic E-state index is 5.96. The summed E-state index contributed by atoms with van der Waals surface area (Å²) in [6.45, 7) is 0.606. The van der Waals surface area contributed by atoms with Crippen molar-refractivity contribution in [2.45, 2.75) is 6.54 Å². The molecule has 0 saturated carbocycles. The van der Waals surface area contributed by atoms with Crippen LogP contribution in [0.4, 0.5) is 5.82 Å². The SMILES string of the molecule is Clc1cc(Cl)c(NCc2cncs2)nc1Cl. The number of anilines is 1. The first-order valence-corrected chi connectivity index (χ1v) is 6.31. The summed E-state index contributed by atoms with van der Waals surface area (Å²) in [7, 11) is 0. The average molecular weight is 295 g/mol. The Balaban J connectivity index is 2.12. The zero-order chi connectivity index (χ0) is 11.5. The monoisotopic (exact) mass is 293 g/mol. The smallest absolute Gasteiger partial charge is 0.150 e. The predicted molar refractivity (Wildman–Crippen MR) is 68.7 cm³/mol. The molecule has 3 nitrogen and oxygen atoms in total. The van der Waals surface area contributed by atoms with E-state index in [4.69, 9.17) is 34.8 Å². The molecular formula is C9H6Cl3N3S. The molecule has 7 heteroatoms. The maximum absolute atomic E-state index is 5.96. The van der Waals surface area contributed by atoms with Gasteiger partial charge in [0.15, 0.2) is 0 Å². The first kappa shape index (κ1) is 11.9. The summed E-state index contributed by atoms with van der Waals surface area (Å²) in [6, 6.07) is 1.56. The van der Waals surface area contributed by atoms with E-state index in [1.54, 1.807) is 29.1 Å². The van der Waals surface area contributed by atoms with Crippen LogP contribution in [0.15, 0.2) is 17.8 Å². The lowest BCUT2D eigenvalue weighted by Gasteiger charge is -2.07. The van der Waals surface area contributed by atoms with E-state index in [9.17, 15) is 0 Å². The van der Waals surface area contributed by atoms with Gasteiger partial charge < -0.3 is 5.32 Å². The van der Waals surface area contributed by atoms with Crippen molar-refractivity contribution in [1.82, 2.24) is 9.97 Å². The van der Waals surface area contributed by atoms with E-state index in [0.29, 0.717) is 22.4 Å². The van der Waals surface area contributed by atoms with Gasteiger partial charge in [-0.3, -0.25) is 4.98 Å². The largest absolute Gasteiger partial charge is 0.364 e. The van der Waals surface area contributed by atoms with Gasteiger partial charge in [-0.2, -0.15) is 0 Å². The first-order chi connectivity index (χ1) is 7.66. The number of rotatable bonds is 3. The predicted octanol–water partition coefficient (Wildman–Crippen LogP) is 4.11. The molecule has 0 bridgehead atoms. The zero-order valence-corrected chi connectivity index (χ0v) is 11.0. The average Bonchev–Trinajstić information content (AvgIpc) is 2.74. The third kappa shape index (κ3) is 2.77. The van der Waals surface area contributed by atoms with Gasteiger partial charge in [0.05, 0.1) is 22.1 Å². The van der Waals surface area contributed by atoms with E-state index in [-0.39, 0.29) is 5.15 Å². The first-order valence-electron chi connectivity index (χ1n) is 4.29. The van der Waals surface area contributed by atoms with Crippen LogP contribution in [-0.2, 0) is 6.54 Å². The fourth-order valence-electron chi connectivity index (χ4n) is 1.07. The molecule has 0 atom stereocenters. The maximum Gasteiger partial charge on any atom is 0.150 e. The van der Waals surface area contributed by atoms with Crippen LogP contribution < -0.4 is 5.32 Å². The molecule has 0 amide bonds. The number of halogens is 3.